The lowest BCUT2D eigenvalue weighted by atomic mass is 9.95. The van der Waals surface area contributed by atoms with E-state index in [4.69, 9.17) is 48.1 Å². The summed E-state index contributed by atoms with van der Waals surface area (Å²) in [5, 5.41) is 21.8. The number of amides is 1. The summed E-state index contributed by atoms with van der Waals surface area (Å²) in [5.74, 6) is 1.76. The molecule has 0 aromatic rings. The maximum absolute atomic E-state index is 12.4. The zero-order chi connectivity index (χ0) is 68.2. The van der Waals surface area contributed by atoms with Gasteiger partial charge >= 0.3 is 41.8 Å². The van der Waals surface area contributed by atoms with Crippen molar-refractivity contribution < 1.29 is 86.5 Å². The molecule has 23 nitrogen and oxygen atoms in total. The Balaban J connectivity index is 0.000000482. The first-order valence-corrected chi connectivity index (χ1v) is 41.0. The number of carbonyl (C=O) groups excluding carboxylic acids is 8. The molecule has 4 aliphatic rings. The predicted octanol–water partition coefficient (Wildman–Crippen LogP) is 8.28. The van der Waals surface area contributed by atoms with E-state index in [2.05, 4.69) is 15.1 Å². The van der Waals surface area contributed by atoms with Crippen LogP contribution in [-0.2, 0) is 76.3 Å². The fourth-order valence-corrected chi connectivity index (χ4v) is 18.7. The Hall–Kier alpha value is -2.42. The maximum Gasteiger partial charge on any atom is 0.307 e. The van der Waals surface area contributed by atoms with Gasteiger partial charge in [0, 0.05) is 111 Å². The third-order valence-electron chi connectivity index (χ3n) is 15.1. The molecule has 0 bridgehead atoms. The Morgan fingerprint density at radius 2 is 0.968 bits per heavy atom. The van der Waals surface area contributed by atoms with Crippen molar-refractivity contribution in [1.29, 1.82) is 0 Å². The van der Waals surface area contributed by atoms with Crippen molar-refractivity contribution in [1.82, 2.24) is 24.9 Å². The third kappa shape index (κ3) is 47.3. The van der Waals surface area contributed by atoms with Crippen molar-refractivity contribution in [2.45, 2.75) is 185 Å². The molecule has 4 rings (SSSR count). The molecule has 0 saturated carbocycles. The monoisotopic (exact) mass is 1430 g/mol. The molecular formula is C64H115N5O18S6. The molecule has 0 aromatic carbocycles. The lowest BCUT2D eigenvalue weighted by Crippen LogP contribution is -2.42. The number of hydrogen-bond acceptors (Lipinski definition) is 28. The molecule has 4 unspecified atom stereocenters. The Bertz CT molecular complexity index is 2030. The van der Waals surface area contributed by atoms with Gasteiger partial charge in [0.05, 0.1) is 57.1 Å². The molecular weight excluding hydrogens is 1320 g/mol. The molecule has 0 aliphatic carbocycles. The number of rotatable bonds is 49. The van der Waals surface area contributed by atoms with E-state index < -0.39 is 18.1 Å². The number of ether oxygens (including phenoxy) is 8. The normalized spacial score (nSPS) is 17.5. The summed E-state index contributed by atoms with van der Waals surface area (Å²) in [5.41, 5.74) is -0.279. The van der Waals surface area contributed by atoms with Gasteiger partial charge in [-0.2, -0.15) is 0 Å². The van der Waals surface area contributed by atoms with Gasteiger partial charge in [-0.3, -0.25) is 38.4 Å². The zero-order valence-electron chi connectivity index (χ0n) is 56.8. The molecule has 0 aromatic heterocycles. The second-order valence-electron chi connectivity index (χ2n) is 24.0. The summed E-state index contributed by atoms with van der Waals surface area (Å²) in [4.78, 5) is 105. The van der Waals surface area contributed by atoms with E-state index in [1.54, 1.807) is 21.6 Å². The van der Waals surface area contributed by atoms with Gasteiger partial charge in [-0.1, -0.05) is 105 Å². The van der Waals surface area contributed by atoms with Crippen molar-refractivity contribution in [3.05, 3.63) is 0 Å². The third-order valence-corrected chi connectivity index (χ3v) is 24.0. The van der Waals surface area contributed by atoms with E-state index >= 15 is 0 Å². The molecule has 1 amide bonds. The highest BCUT2D eigenvalue weighted by atomic mass is 33.1. The van der Waals surface area contributed by atoms with Crippen molar-refractivity contribution >= 4 is 112 Å². The van der Waals surface area contributed by atoms with Gasteiger partial charge in [-0.05, 0) is 105 Å². The lowest BCUT2D eigenvalue weighted by molar-refractivity contribution is -0.167. The van der Waals surface area contributed by atoms with Gasteiger partial charge in [-0.25, -0.2) is 0 Å². The van der Waals surface area contributed by atoms with E-state index in [0.717, 1.165) is 82.6 Å². The number of piperidine rings is 1. The second-order valence-corrected chi connectivity index (χ2v) is 32.0. The minimum Gasteiger partial charge on any atom is -0.465 e. The van der Waals surface area contributed by atoms with E-state index in [-0.39, 0.29) is 106 Å². The fourth-order valence-electron chi connectivity index (χ4n) is 9.31. The number of unbranched alkanes of at least 4 members (excludes halogenated alkanes) is 2. The van der Waals surface area contributed by atoms with Crippen LogP contribution in [0, 0.1) is 5.41 Å². The number of nitrogens with zero attached hydrogens (tertiary/aromatic N) is 4. The highest BCUT2D eigenvalue weighted by Crippen LogP contribution is 2.44. The number of carbonyl (C=O) groups is 8. The molecule has 4 heterocycles. The highest BCUT2D eigenvalue weighted by molar-refractivity contribution is 8.77. The zero-order valence-corrected chi connectivity index (χ0v) is 61.7. The molecule has 4 atom stereocenters. The SMILES string of the molecule is CCCC(=O)OCC(COC(=O)CCN(C)CCN1CCCCC1)OC(=O)CCCCC1CCSS1.CCCC(=O)OCC(COC(=O)CCN(C)CCO)NC(=O)CCCCC1CCSS1.CCCC(=O)OCC1(COC(=O)CCN(C)CCOCCO)CSSC1. The number of aliphatic hydroxyl groups excluding tert-OH is 2. The number of esters is 7. The van der Waals surface area contributed by atoms with Gasteiger partial charge in [0.2, 0.25) is 5.91 Å². The van der Waals surface area contributed by atoms with Crippen LogP contribution in [0.25, 0.3) is 0 Å². The quantitative estimate of drug-likeness (QED) is 0.0224. The first-order valence-electron chi connectivity index (χ1n) is 33.7. The molecule has 4 saturated heterocycles. The fraction of sp³-hybridized carbons (Fsp3) is 0.875. The van der Waals surface area contributed by atoms with Crippen molar-refractivity contribution in [2.75, 3.05) is 169 Å². The van der Waals surface area contributed by atoms with Crippen LogP contribution in [0.4, 0.5) is 0 Å². The summed E-state index contributed by atoms with van der Waals surface area (Å²) in [6.45, 7) is 14.1. The van der Waals surface area contributed by atoms with Crippen LogP contribution in [0.5, 0.6) is 0 Å². The van der Waals surface area contributed by atoms with Gasteiger partial charge in [0.15, 0.2) is 6.10 Å². The number of hydrogen-bond donors (Lipinski definition) is 3. The van der Waals surface area contributed by atoms with E-state index in [9.17, 15) is 38.4 Å². The van der Waals surface area contributed by atoms with Crippen LogP contribution in [0.3, 0.4) is 0 Å². The summed E-state index contributed by atoms with van der Waals surface area (Å²) < 4.78 is 42.7. The van der Waals surface area contributed by atoms with Crippen molar-refractivity contribution in [3.63, 3.8) is 0 Å². The largest absolute Gasteiger partial charge is 0.465 e. The van der Waals surface area contributed by atoms with Crippen LogP contribution >= 0.6 is 64.8 Å². The highest BCUT2D eigenvalue weighted by Gasteiger charge is 2.38. The van der Waals surface area contributed by atoms with Crippen LogP contribution in [0.2, 0.25) is 0 Å². The van der Waals surface area contributed by atoms with Gasteiger partial charge < -0.3 is 73.0 Å². The lowest BCUT2D eigenvalue weighted by Gasteiger charge is -2.28. The van der Waals surface area contributed by atoms with Crippen LogP contribution in [0.1, 0.15) is 162 Å². The smallest absolute Gasteiger partial charge is 0.307 e. The average Bonchev–Trinajstić information content (AvgIpc) is 1.95. The molecule has 3 N–H and O–H groups in total. The minimum absolute atomic E-state index is 0.0157. The molecule has 540 valence electrons. The number of likely N-dealkylation sites (N-methyl/N-ethyl adjacent to an activating group) is 3. The first kappa shape index (κ1) is 86.7. The van der Waals surface area contributed by atoms with E-state index in [0.29, 0.717) is 114 Å². The number of aliphatic hydroxyl groups is 2. The summed E-state index contributed by atoms with van der Waals surface area (Å²) in [6, 6.07) is -0.561. The van der Waals surface area contributed by atoms with Crippen LogP contribution in [0.15, 0.2) is 0 Å². The van der Waals surface area contributed by atoms with Gasteiger partial charge in [-0.15, -0.1) is 0 Å². The van der Waals surface area contributed by atoms with Gasteiger partial charge in [0.25, 0.3) is 0 Å². The van der Waals surface area contributed by atoms with E-state index in [1.807, 2.05) is 94.9 Å². The number of likely N-dealkylation sites (tertiary alicyclic amines) is 1. The predicted molar refractivity (Wildman–Crippen MR) is 375 cm³/mol. The topological polar surface area (TPSA) is 276 Å². The van der Waals surface area contributed by atoms with Crippen LogP contribution < -0.4 is 5.32 Å². The summed E-state index contributed by atoms with van der Waals surface area (Å²) in [7, 11) is 16.9. The molecule has 0 spiro atoms. The summed E-state index contributed by atoms with van der Waals surface area (Å²) in [6.07, 6.45) is 16.1. The van der Waals surface area contributed by atoms with Crippen molar-refractivity contribution in [3.8, 4) is 0 Å². The minimum atomic E-state index is -0.777. The van der Waals surface area contributed by atoms with Crippen LogP contribution in [-0.4, -0.2) is 269 Å². The Morgan fingerprint density at radius 3 is 1.45 bits per heavy atom. The number of nitrogens with one attached hydrogen (secondary N) is 1. The maximum atomic E-state index is 12.4. The molecule has 0 radical (unpaired) electrons. The van der Waals surface area contributed by atoms with Gasteiger partial charge in [0.1, 0.15) is 39.6 Å². The Morgan fingerprint density at radius 1 is 0.505 bits per heavy atom. The summed E-state index contributed by atoms with van der Waals surface area (Å²) >= 11 is 0. The Labute approximate surface area is 579 Å². The molecule has 4 fully saturated rings. The first-order chi connectivity index (χ1) is 44.9. The second kappa shape index (κ2) is 56.5. The molecule has 4 aliphatic heterocycles. The Kier molecular flexibility index (Phi) is 52.6. The van der Waals surface area contributed by atoms with Crippen molar-refractivity contribution in [2.24, 2.45) is 5.41 Å². The van der Waals surface area contributed by atoms with E-state index in [1.165, 1.54) is 43.6 Å². The molecule has 93 heavy (non-hydrogen) atoms. The molecule has 29 heteroatoms. The average molecular weight is 1440 g/mol. The standard InChI is InChI=1S/C26H46N2O6S2.C21H38N2O6S2.C17H31NO6S2/c1-3-9-24(29)32-20-22(34-26(31)11-6-5-10-23-13-19-35-36-23)21-33-25(30)12-16-27(2)17-18-28-14-7-4-8-15-28;1-3-6-20(26)28-15-17(16-29-21(27)9-11-23(2)12-13-24)22-19(25)8-5-4-7-18-10-14-30-31-18;1-3-4-15(20)23-11-17(13-25-26-14-17)12-24-16(21)5-6-18(2)7-9-22-10-8-19/h22-23H,3-21H2,1-2H3;17-18,24H,3-16H2,1-2H3,(H,22,25);19H,3-14H2,1-2H3.